The van der Waals surface area contributed by atoms with Gasteiger partial charge < -0.3 is 15.1 Å². The predicted molar refractivity (Wildman–Crippen MR) is 93.8 cm³/mol. The third-order valence-electron chi connectivity index (χ3n) is 4.50. The van der Waals surface area contributed by atoms with E-state index < -0.39 is 0 Å². The first-order valence-electron chi connectivity index (χ1n) is 8.50. The van der Waals surface area contributed by atoms with Crippen molar-refractivity contribution >= 4 is 17.3 Å². The molecule has 0 spiro atoms. The van der Waals surface area contributed by atoms with Crippen LogP contribution >= 0.6 is 0 Å². The van der Waals surface area contributed by atoms with Gasteiger partial charge in [-0.1, -0.05) is 0 Å². The van der Waals surface area contributed by atoms with Crippen LogP contribution in [0.3, 0.4) is 0 Å². The highest BCUT2D eigenvalue weighted by Crippen LogP contribution is 2.14. The zero-order chi connectivity index (χ0) is 17.6. The number of anilines is 2. The van der Waals surface area contributed by atoms with Gasteiger partial charge in [-0.25, -0.2) is 8.78 Å². The molecule has 25 heavy (non-hydrogen) atoms. The molecule has 1 aliphatic rings. The van der Waals surface area contributed by atoms with Crippen LogP contribution in [0.4, 0.5) is 20.2 Å². The van der Waals surface area contributed by atoms with Gasteiger partial charge in [0.2, 0.25) is 5.91 Å². The van der Waals surface area contributed by atoms with E-state index in [0.717, 1.165) is 38.4 Å². The average Bonchev–Trinajstić information content (AvgIpc) is 2.63. The number of hydrogen-bond acceptors (Lipinski definition) is 2. The van der Waals surface area contributed by atoms with E-state index in [0.29, 0.717) is 12.1 Å². The highest BCUT2D eigenvalue weighted by atomic mass is 19.1. The summed E-state index contributed by atoms with van der Waals surface area (Å²) in [5.41, 5.74) is 1.65. The van der Waals surface area contributed by atoms with Crippen molar-refractivity contribution in [1.82, 2.24) is 0 Å². The highest BCUT2D eigenvalue weighted by molar-refractivity contribution is 5.90. The van der Waals surface area contributed by atoms with Gasteiger partial charge >= 0.3 is 0 Å². The number of halogens is 2. The fourth-order valence-electron chi connectivity index (χ4n) is 3.03. The lowest BCUT2D eigenvalue weighted by molar-refractivity contribution is -0.900. The number of amides is 1. The number of nitrogens with zero attached hydrogens (tertiary/aromatic N) is 1. The van der Waals surface area contributed by atoms with E-state index in [-0.39, 0.29) is 17.5 Å². The van der Waals surface area contributed by atoms with Crippen molar-refractivity contribution in [2.75, 3.05) is 42.9 Å². The Bertz CT molecular complexity index is 696. The fourth-order valence-corrected chi connectivity index (χ4v) is 3.03. The Hall–Kier alpha value is -2.47. The molecule has 3 rings (SSSR count). The maximum atomic E-state index is 13.0. The molecule has 2 aromatic carbocycles. The van der Waals surface area contributed by atoms with Crippen molar-refractivity contribution in [3.63, 3.8) is 0 Å². The zero-order valence-electron chi connectivity index (χ0n) is 14.0. The summed E-state index contributed by atoms with van der Waals surface area (Å²) in [7, 11) is 0. The van der Waals surface area contributed by atoms with Crippen LogP contribution < -0.4 is 15.1 Å². The molecular formula is C19H22F2N3O+. The monoisotopic (exact) mass is 346 g/mol. The van der Waals surface area contributed by atoms with Crippen LogP contribution in [-0.2, 0) is 4.79 Å². The normalized spacial score (nSPS) is 15.2. The fraction of sp³-hybridized carbons (Fsp3) is 0.316. The van der Waals surface area contributed by atoms with Crippen molar-refractivity contribution in [2.24, 2.45) is 0 Å². The third kappa shape index (κ3) is 5.00. The van der Waals surface area contributed by atoms with E-state index in [2.05, 4.69) is 10.2 Å². The number of piperazine rings is 1. The number of carbonyl (C=O) groups is 1. The Morgan fingerprint density at radius 2 is 1.52 bits per heavy atom. The molecule has 0 aromatic heterocycles. The van der Waals surface area contributed by atoms with Crippen molar-refractivity contribution in [2.45, 2.75) is 6.42 Å². The van der Waals surface area contributed by atoms with Gasteiger partial charge in [0.05, 0.1) is 39.1 Å². The Kier molecular flexibility index (Phi) is 5.60. The number of quaternary nitrogens is 1. The largest absolute Gasteiger partial charge is 0.360 e. The summed E-state index contributed by atoms with van der Waals surface area (Å²) in [5.74, 6) is -0.596. The first-order valence-corrected chi connectivity index (χ1v) is 8.50. The van der Waals surface area contributed by atoms with Gasteiger partial charge in [-0.2, -0.15) is 0 Å². The molecule has 0 unspecified atom stereocenters. The lowest BCUT2D eigenvalue weighted by atomic mass is 10.2. The summed E-state index contributed by atoms with van der Waals surface area (Å²) < 4.78 is 25.8. The van der Waals surface area contributed by atoms with Crippen molar-refractivity contribution in [3.8, 4) is 0 Å². The van der Waals surface area contributed by atoms with E-state index in [1.54, 1.807) is 24.3 Å². The lowest BCUT2D eigenvalue weighted by Gasteiger charge is -2.33. The van der Waals surface area contributed by atoms with Gasteiger partial charge in [-0.15, -0.1) is 0 Å². The van der Waals surface area contributed by atoms with Crippen molar-refractivity contribution in [1.29, 1.82) is 0 Å². The standard InChI is InChI=1S/C19H21F2N3O/c20-15-1-5-17(6-2-15)22-19(25)9-10-23-11-13-24(14-12-23)18-7-3-16(21)4-8-18/h1-8H,9-14H2,(H,22,25)/p+1. The molecule has 1 saturated heterocycles. The number of hydrogen-bond donors (Lipinski definition) is 2. The molecule has 2 aromatic rings. The average molecular weight is 346 g/mol. The predicted octanol–water partition coefficient (Wildman–Crippen LogP) is 1.70. The van der Waals surface area contributed by atoms with Crippen molar-refractivity contribution in [3.05, 3.63) is 60.2 Å². The summed E-state index contributed by atoms with van der Waals surface area (Å²) in [6, 6.07) is 12.3. The molecule has 0 bridgehead atoms. The van der Waals surface area contributed by atoms with Gasteiger partial charge in [-0.3, -0.25) is 4.79 Å². The highest BCUT2D eigenvalue weighted by Gasteiger charge is 2.20. The molecule has 1 amide bonds. The van der Waals surface area contributed by atoms with Crippen LogP contribution in [0.1, 0.15) is 6.42 Å². The van der Waals surface area contributed by atoms with E-state index in [4.69, 9.17) is 0 Å². The first-order chi connectivity index (χ1) is 12.1. The second-order valence-electron chi connectivity index (χ2n) is 6.27. The summed E-state index contributed by atoms with van der Waals surface area (Å²) in [6.07, 6.45) is 0.434. The molecule has 1 fully saturated rings. The molecule has 0 radical (unpaired) electrons. The molecule has 1 aliphatic heterocycles. The SMILES string of the molecule is O=C(CC[NH+]1CCN(c2ccc(F)cc2)CC1)Nc1ccc(F)cc1. The number of carbonyl (C=O) groups excluding carboxylic acids is 1. The maximum absolute atomic E-state index is 13.0. The minimum absolute atomic E-state index is 0.0555. The third-order valence-corrected chi connectivity index (χ3v) is 4.50. The van der Waals surface area contributed by atoms with Crippen LogP contribution in [0.5, 0.6) is 0 Å². The van der Waals surface area contributed by atoms with Crippen LogP contribution in [0.15, 0.2) is 48.5 Å². The topological polar surface area (TPSA) is 36.8 Å². The van der Waals surface area contributed by atoms with Gasteiger partial charge in [0.1, 0.15) is 11.6 Å². The molecular weight excluding hydrogens is 324 g/mol. The molecule has 0 aliphatic carbocycles. The molecule has 2 N–H and O–H groups in total. The second-order valence-corrected chi connectivity index (χ2v) is 6.27. The number of benzene rings is 2. The summed E-state index contributed by atoms with van der Waals surface area (Å²) in [6.45, 7) is 4.44. The first kappa shape index (κ1) is 17.4. The molecule has 132 valence electrons. The Morgan fingerprint density at radius 3 is 2.12 bits per heavy atom. The minimum Gasteiger partial charge on any atom is -0.360 e. The Labute approximate surface area is 146 Å². The van der Waals surface area contributed by atoms with Gasteiger partial charge in [0, 0.05) is 11.4 Å². The van der Waals surface area contributed by atoms with E-state index in [1.807, 2.05) is 0 Å². The Morgan fingerprint density at radius 1 is 0.960 bits per heavy atom. The van der Waals surface area contributed by atoms with Gasteiger partial charge in [0.25, 0.3) is 0 Å². The zero-order valence-corrected chi connectivity index (χ0v) is 14.0. The summed E-state index contributed by atoms with van der Waals surface area (Å²) in [4.78, 5) is 15.6. The number of nitrogens with one attached hydrogen (secondary N) is 2. The van der Waals surface area contributed by atoms with Gasteiger partial charge in [0.15, 0.2) is 0 Å². The quantitative estimate of drug-likeness (QED) is 0.865. The molecule has 4 nitrogen and oxygen atoms in total. The van der Waals surface area contributed by atoms with E-state index in [1.165, 1.54) is 29.2 Å². The summed E-state index contributed by atoms with van der Waals surface area (Å²) in [5, 5.41) is 2.78. The number of rotatable bonds is 5. The molecule has 1 heterocycles. The maximum Gasteiger partial charge on any atom is 0.230 e. The van der Waals surface area contributed by atoms with Gasteiger partial charge in [-0.05, 0) is 48.5 Å². The lowest BCUT2D eigenvalue weighted by Crippen LogP contribution is -3.15. The molecule has 0 saturated carbocycles. The van der Waals surface area contributed by atoms with Crippen LogP contribution in [0, 0.1) is 11.6 Å². The minimum atomic E-state index is -0.318. The van der Waals surface area contributed by atoms with Crippen LogP contribution in [0.25, 0.3) is 0 Å². The van der Waals surface area contributed by atoms with Crippen molar-refractivity contribution < 1.29 is 18.5 Å². The van der Waals surface area contributed by atoms with Crippen LogP contribution in [-0.4, -0.2) is 38.6 Å². The van der Waals surface area contributed by atoms with Crippen LogP contribution in [0.2, 0.25) is 0 Å². The van der Waals surface area contributed by atoms with E-state index >= 15 is 0 Å². The van der Waals surface area contributed by atoms with E-state index in [9.17, 15) is 13.6 Å². The molecule has 0 atom stereocenters. The summed E-state index contributed by atoms with van der Waals surface area (Å²) >= 11 is 0. The smallest absolute Gasteiger partial charge is 0.230 e. The second kappa shape index (κ2) is 8.07. The Balaban J connectivity index is 1.40. The molecule has 6 heteroatoms.